The third-order valence-corrected chi connectivity index (χ3v) is 5.38. The molecule has 3 fully saturated rings. The summed E-state index contributed by atoms with van der Waals surface area (Å²) in [6.45, 7) is 6.41. The van der Waals surface area contributed by atoms with E-state index >= 15 is 0 Å². The molecule has 3 aliphatic rings. The van der Waals surface area contributed by atoms with Crippen LogP contribution in [0.25, 0.3) is 0 Å². The molecule has 0 amide bonds. The maximum atomic E-state index is 5.44. The molecule has 0 radical (unpaired) electrons. The fourth-order valence-corrected chi connectivity index (χ4v) is 4.17. The maximum Gasteiger partial charge on any atom is 0.157 e. The van der Waals surface area contributed by atoms with Crippen molar-refractivity contribution in [2.45, 2.75) is 31.2 Å². The molecule has 102 valence electrons. The van der Waals surface area contributed by atoms with Gasteiger partial charge < -0.3 is 15.0 Å². The van der Waals surface area contributed by atoms with Crippen LogP contribution in [-0.4, -0.2) is 60.8 Å². The van der Waals surface area contributed by atoms with Crippen molar-refractivity contribution in [3.05, 3.63) is 0 Å². The lowest BCUT2D eigenvalue weighted by Gasteiger charge is -2.32. The lowest BCUT2D eigenvalue weighted by atomic mass is 9.93. The summed E-state index contributed by atoms with van der Waals surface area (Å²) in [5.41, 5.74) is 0.287. The smallest absolute Gasteiger partial charge is 0.157 e. The van der Waals surface area contributed by atoms with Crippen molar-refractivity contribution >= 4 is 16.9 Å². The van der Waals surface area contributed by atoms with Crippen LogP contribution < -0.4 is 5.32 Å². The zero-order valence-electron chi connectivity index (χ0n) is 11.0. The summed E-state index contributed by atoms with van der Waals surface area (Å²) in [6, 6.07) is 0. The third kappa shape index (κ3) is 3.00. The van der Waals surface area contributed by atoms with E-state index in [1.165, 1.54) is 31.7 Å². The van der Waals surface area contributed by atoms with Gasteiger partial charge in [-0.05, 0) is 38.8 Å². The van der Waals surface area contributed by atoms with E-state index in [0.29, 0.717) is 0 Å². The summed E-state index contributed by atoms with van der Waals surface area (Å²) in [5.74, 6) is 1.17. The van der Waals surface area contributed by atoms with E-state index in [1.807, 2.05) is 11.8 Å². The lowest BCUT2D eigenvalue weighted by molar-refractivity contribution is 0.0555. The maximum absolute atomic E-state index is 5.44. The first-order chi connectivity index (χ1) is 8.86. The van der Waals surface area contributed by atoms with Gasteiger partial charge in [-0.1, -0.05) is 11.8 Å². The second-order valence-corrected chi connectivity index (χ2v) is 6.51. The molecular formula is C13H23N3OS. The SMILES string of the molecule is C1CCN(CCN=C2NC3(CCOCC3)CS2)C1. The molecule has 18 heavy (non-hydrogen) atoms. The van der Waals surface area contributed by atoms with Gasteiger partial charge in [0.05, 0.1) is 12.1 Å². The molecule has 4 nitrogen and oxygen atoms in total. The zero-order valence-corrected chi connectivity index (χ0v) is 11.8. The molecule has 0 aromatic heterocycles. The Hall–Kier alpha value is -0.260. The number of nitrogens with one attached hydrogen (secondary N) is 1. The predicted octanol–water partition coefficient (Wildman–Crippen LogP) is 1.32. The van der Waals surface area contributed by atoms with Crippen molar-refractivity contribution in [1.29, 1.82) is 0 Å². The normalized spacial score (nSPS) is 30.1. The van der Waals surface area contributed by atoms with Crippen molar-refractivity contribution in [1.82, 2.24) is 10.2 Å². The summed E-state index contributed by atoms with van der Waals surface area (Å²) in [7, 11) is 0. The van der Waals surface area contributed by atoms with Crippen LogP contribution in [0.2, 0.25) is 0 Å². The zero-order chi connectivity index (χ0) is 12.3. The van der Waals surface area contributed by atoms with Gasteiger partial charge in [0.15, 0.2) is 5.17 Å². The van der Waals surface area contributed by atoms with E-state index in [9.17, 15) is 0 Å². The molecule has 0 aliphatic carbocycles. The highest BCUT2D eigenvalue weighted by atomic mass is 32.2. The molecule has 0 atom stereocenters. The summed E-state index contributed by atoms with van der Waals surface area (Å²) in [4.78, 5) is 7.24. The monoisotopic (exact) mass is 269 g/mol. The van der Waals surface area contributed by atoms with E-state index in [-0.39, 0.29) is 5.54 Å². The van der Waals surface area contributed by atoms with Gasteiger partial charge in [0, 0.05) is 25.5 Å². The Bertz CT molecular complexity index is 309. The minimum Gasteiger partial charge on any atom is -0.381 e. The molecule has 3 rings (SSSR count). The number of rotatable bonds is 3. The molecule has 0 aromatic carbocycles. The average molecular weight is 269 g/mol. The number of hydrogen-bond acceptors (Lipinski definition) is 4. The van der Waals surface area contributed by atoms with Gasteiger partial charge in [0.2, 0.25) is 0 Å². The molecule has 0 unspecified atom stereocenters. The quantitative estimate of drug-likeness (QED) is 0.838. The summed E-state index contributed by atoms with van der Waals surface area (Å²) >= 11 is 1.90. The first-order valence-corrected chi connectivity index (χ1v) is 8.10. The third-order valence-electron chi connectivity index (χ3n) is 4.18. The minimum absolute atomic E-state index is 0.287. The Labute approximate surface area is 114 Å². The van der Waals surface area contributed by atoms with Crippen LogP contribution >= 0.6 is 11.8 Å². The number of ether oxygens (including phenoxy) is 1. The van der Waals surface area contributed by atoms with E-state index in [0.717, 1.165) is 44.3 Å². The molecular weight excluding hydrogens is 246 g/mol. The van der Waals surface area contributed by atoms with E-state index in [4.69, 9.17) is 9.73 Å². The van der Waals surface area contributed by atoms with Crippen LogP contribution in [0.5, 0.6) is 0 Å². The largest absolute Gasteiger partial charge is 0.381 e. The Morgan fingerprint density at radius 3 is 2.83 bits per heavy atom. The van der Waals surface area contributed by atoms with E-state index in [1.54, 1.807) is 0 Å². The summed E-state index contributed by atoms with van der Waals surface area (Å²) in [6.07, 6.45) is 5.00. The van der Waals surface area contributed by atoms with Crippen LogP contribution in [0.3, 0.4) is 0 Å². The second-order valence-electron chi connectivity index (χ2n) is 5.54. The topological polar surface area (TPSA) is 36.9 Å². The summed E-state index contributed by atoms with van der Waals surface area (Å²) < 4.78 is 5.44. The number of aliphatic imine (C=N–C) groups is 1. The van der Waals surface area contributed by atoms with Crippen LogP contribution in [-0.2, 0) is 4.74 Å². The molecule has 0 saturated carbocycles. The molecule has 0 bridgehead atoms. The number of amidine groups is 1. The van der Waals surface area contributed by atoms with Crippen molar-refractivity contribution in [2.24, 2.45) is 4.99 Å². The van der Waals surface area contributed by atoms with Crippen molar-refractivity contribution < 1.29 is 4.74 Å². The Kier molecular flexibility index (Phi) is 4.11. The van der Waals surface area contributed by atoms with Crippen LogP contribution in [0.15, 0.2) is 4.99 Å². The average Bonchev–Trinajstić information content (AvgIpc) is 3.02. The highest BCUT2D eigenvalue weighted by Gasteiger charge is 2.38. The molecule has 3 heterocycles. The molecule has 1 N–H and O–H groups in total. The molecule has 1 spiro atoms. The van der Waals surface area contributed by atoms with Crippen molar-refractivity contribution in [2.75, 3.05) is 45.1 Å². The van der Waals surface area contributed by atoms with Gasteiger partial charge >= 0.3 is 0 Å². The Morgan fingerprint density at radius 1 is 1.28 bits per heavy atom. The van der Waals surface area contributed by atoms with Gasteiger partial charge in [-0.15, -0.1) is 0 Å². The van der Waals surface area contributed by atoms with Gasteiger partial charge in [-0.3, -0.25) is 4.99 Å². The lowest BCUT2D eigenvalue weighted by Crippen LogP contribution is -2.48. The van der Waals surface area contributed by atoms with Crippen molar-refractivity contribution in [3.8, 4) is 0 Å². The van der Waals surface area contributed by atoms with E-state index < -0.39 is 0 Å². The highest BCUT2D eigenvalue weighted by Crippen LogP contribution is 2.31. The van der Waals surface area contributed by atoms with Crippen LogP contribution in [0.4, 0.5) is 0 Å². The number of nitrogens with zero attached hydrogens (tertiary/aromatic N) is 2. The van der Waals surface area contributed by atoms with E-state index in [2.05, 4.69) is 10.2 Å². The van der Waals surface area contributed by atoms with Gasteiger partial charge in [-0.2, -0.15) is 0 Å². The molecule has 3 aliphatic heterocycles. The predicted molar refractivity (Wildman–Crippen MR) is 76.4 cm³/mol. The fourth-order valence-electron chi connectivity index (χ4n) is 2.92. The van der Waals surface area contributed by atoms with Gasteiger partial charge in [0.1, 0.15) is 0 Å². The Balaban J connectivity index is 1.45. The van der Waals surface area contributed by atoms with Crippen LogP contribution in [0.1, 0.15) is 25.7 Å². The number of likely N-dealkylation sites (tertiary alicyclic amines) is 1. The highest BCUT2D eigenvalue weighted by molar-refractivity contribution is 8.14. The van der Waals surface area contributed by atoms with Crippen molar-refractivity contribution in [3.63, 3.8) is 0 Å². The second kappa shape index (κ2) is 5.80. The van der Waals surface area contributed by atoms with Gasteiger partial charge in [-0.25, -0.2) is 0 Å². The van der Waals surface area contributed by atoms with Crippen LogP contribution in [0, 0.1) is 0 Å². The molecule has 3 saturated heterocycles. The summed E-state index contributed by atoms with van der Waals surface area (Å²) in [5, 5.41) is 4.81. The molecule has 0 aromatic rings. The first kappa shape index (κ1) is 12.8. The first-order valence-electron chi connectivity index (χ1n) is 7.12. The standard InChI is InChI=1S/C13H23N3OS/c1-2-7-16(6-1)8-5-14-12-15-13(11-18-12)3-9-17-10-4-13/h1-11H2,(H,14,15). The Morgan fingerprint density at radius 2 is 2.06 bits per heavy atom. The fraction of sp³-hybridized carbons (Fsp3) is 0.923. The number of thioether (sulfide) groups is 1. The molecule has 5 heteroatoms. The number of hydrogen-bond donors (Lipinski definition) is 1. The van der Waals surface area contributed by atoms with Gasteiger partial charge in [0.25, 0.3) is 0 Å². The minimum atomic E-state index is 0.287.